The monoisotopic (exact) mass is 1010 g/mol. The van der Waals surface area contributed by atoms with Crippen molar-refractivity contribution >= 4 is 83.0 Å². The highest BCUT2D eigenvalue weighted by Gasteiger charge is 2.73. The van der Waals surface area contributed by atoms with Gasteiger partial charge in [-0.25, -0.2) is 26.5 Å². The number of rotatable bonds is 13. The normalized spacial score (nSPS) is 31.2. The third-order valence-corrected chi connectivity index (χ3v) is 17.1. The van der Waals surface area contributed by atoms with Crippen LogP contribution in [-0.2, 0) is 65.0 Å². The van der Waals surface area contributed by atoms with Gasteiger partial charge in [-0.1, -0.05) is 39.0 Å². The summed E-state index contributed by atoms with van der Waals surface area (Å²) in [5.74, 6) is -1.51. The van der Waals surface area contributed by atoms with Crippen molar-refractivity contribution < 1.29 is 46.2 Å². The zero-order valence-corrected chi connectivity index (χ0v) is 40.4. The zero-order valence-electron chi connectivity index (χ0n) is 37.0. The van der Waals surface area contributed by atoms with Crippen molar-refractivity contribution in [1.82, 2.24) is 39.0 Å². The first-order valence-electron chi connectivity index (χ1n) is 21.6. The number of methoxy groups -OCH3 is 1. The van der Waals surface area contributed by atoms with Crippen molar-refractivity contribution in [3.05, 3.63) is 76.6 Å². The summed E-state index contributed by atoms with van der Waals surface area (Å²) in [6, 6.07) is 10.5. The number of ether oxygens (including phenoxy) is 2. The quantitative estimate of drug-likeness (QED) is 0.0791. The molecule has 358 valence electrons. The number of amides is 2. The number of nitrogens with one attached hydrogen (secondary N) is 3. The molecule has 6 heterocycles. The second kappa shape index (κ2) is 19.4. The standard InChI is InChI=1S/C41H46N12O11P2S2/c1-22(2)36(54)50-40-49-35-28(38(56)51-40)47-21-53(35)39-31-30(57-5)26(62-39)17-60-65(67,59-15-13-43-4)64-32-23(3)29(25-16-41(25,32)18-61-66(68,63-31)58-14-9-12-42)52-20-46-27-33(44-19-45-34(27)52)48-37(55)24-10-7-6-8-11-24/h6-8,10-11,19-23,25-26,29-32,39H,9,13-18H2,1-3,5H3,(H,44,45,48,55)(H2,49,50,51,54,56)/t23-,25+,26+,29-,30+,31+,32-,39+,41-,65?,66?/m0/s1. The average molecular weight is 1010 g/mol. The fraction of sp³-hybridized carbons (Fsp3) is 0.512. The van der Waals surface area contributed by atoms with E-state index >= 15 is 0 Å². The van der Waals surface area contributed by atoms with Gasteiger partial charge in [-0.15, -0.1) is 0 Å². The summed E-state index contributed by atoms with van der Waals surface area (Å²) in [4.78, 5) is 67.6. The highest BCUT2D eigenvalue weighted by Crippen LogP contribution is 2.74. The number of hydrogen-bond donors (Lipinski definition) is 3. The SMILES string of the molecule is [C-]#[N+]CCOP1(=S)OC[C@H]2O[C@@H](n3cnc4c(=O)[nH]c(NC(=O)C(C)C)nc43)[C@H](OP(=S)(OCCC#N)OC[C@@]34C[C@@H]3[C@@H](n3cnc5c(NC(=O)c6ccccc6)ncnc53)[C@H](C)[C@@H]4O1)[C@@H]2OC. The Morgan fingerprint density at radius 2 is 1.79 bits per heavy atom. The molecule has 23 nitrogen and oxygen atoms in total. The maximum absolute atomic E-state index is 13.3. The largest absolute Gasteiger partial charge is 0.376 e. The topological polar surface area (TPSA) is 267 Å². The number of nitrogens with zero attached hydrogens (tertiary/aromatic N) is 9. The molecule has 1 aromatic carbocycles. The molecule has 5 aromatic rings. The third kappa shape index (κ3) is 9.15. The van der Waals surface area contributed by atoms with Crippen molar-refractivity contribution in [1.29, 1.82) is 5.26 Å². The lowest BCUT2D eigenvalue weighted by Gasteiger charge is -2.34. The molecule has 27 heteroatoms. The Morgan fingerprint density at radius 3 is 2.54 bits per heavy atom. The molecule has 2 saturated carbocycles. The van der Waals surface area contributed by atoms with E-state index in [0.717, 1.165) is 0 Å². The van der Waals surface area contributed by atoms with Crippen molar-refractivity contribution in [2.75, 3.05) is 50.7 Å². The lowest BCUT2D eigenvalue weighted by atomic mass is 9.94. The Balaban J connectivity index is 1.09. The van der Waals surface area contributed by atoms with Crippen molar-refractivity contribution in [2.45, 2.75) is 70.3 Å². The molecule has 4 aromatic heterocycles. The molecular weight excluding hydrogens is 963 g/mol. The van der Waals surface area contributed by atoms with E-state index in [4.69, 9.17) is 66.8 Å². The molecule has 0 radical (unpaired) electrons. The van der Waals surface area contributed by atoms with Gasteiger partial charge in [0, 0.05) is 36.0 Å². The van der Waals surface area contributed by atoms with Gasteiger partial charge in [-0.05, 0) is 48.1 Å². The summed E-state index contributed by atoms with van der Waals surface area (Å²) < 4.78 is 55.5. The highest BCUT2D eigenvalue weighted by molar-refractivity contribution is 8.07. The minimum atomic E-state index is -3.87. The van der Waals surface area contributed by atoms with Gasteiger partial charge in [0.25, 0.3) is 11.5 Å². The van der Waals surface area contributed by atoms with Gasteiger partial charge >= 0.3 is 13.4 Å². The number of fused-ring (bicyclic) bond motifs is 4. The van der Waals surface area contributed by atoms with Crippen LogP contribution in [0.5, 0.6) is 0 Å². The number of benzene rings is 1. The molecule has 9 rings (SSSR count). The number of nitriles is 1. The Kier molecular flexibility index (Phi) is 13.7. The molecule has 11 atom stereocenters. The minimum absolute atomic E-state index is 0.0181. The molecule has 2 aliphatic carbocycles. The molecule has 2 amide bonds. The Morgan fingerprint density at radius 1 is 1.04 bits per heavy atom. The van der Waals surface area contributed by atoms with Gasteiger partial charge in [-0.3, -0.25) is 33.8 Å². The second-order valence-electron chi connectivity index (χ2n) is 16.9. The molecule has 3 N–H and O–H groups in total. The number of imidazole rings is 2. The molecule has 4 aliphatic rings. The maximum atomic E-state index is 13.3. The molecule has 4 fully saturated rings. The van der Waals surface area contributed by atoms with Crippen LogP contribution >= 0.6 is 13.4 Å². The average Bonchev–Trinajstić information content (AvgIpc) is 3.60. The fourth-order valence-electron chi connectivity index (χ4n) is 9.18. The lowest BCUT2D eigenvalue weighted by molar-refractivity contribution is -0.118. The van der Waals surface area contributed by atoms with Gasteiger partial charge in [0.2, 0.25) is 18.4 Å². The van der Waals surface area contributed by atoms with Crippen LogP contribution in [-0.4, -0.2) is 115 Å². The summed E-state index contributed by atoms with van der Waals surface area (Å²) in [6.45, 7) is 4.65. The van der Waals surface area contributed by atoms with E-state index in [9.17, 15) is 19.6 Å². The minimum Gasteiger partial charge on any atom is -0.376 e. The first kappa shape index (κ1) is 48.1. The van der Waals surface area contributed by atoms with Gasteiger partial charge < -0.3 is 46.8 Å². The maximum Gasteiger partial charge on any atom is 0.327 e. The van der Waals surface area contributed by atoms with Gasteiger partial charge in [0.05, 0.1) is 51.1 Å². The van der Waals surface area contributed by atoms with Crippen LogP contribution in [0.1, 0.15) is 56.2 Å². The van der Waals surface area contributed by atoms with Crippen LogP contribution in [0.15, 0.2) is 54.1 Å². The summed E-state index contributed by atoms with van der Waals surface area (Å²) in [5.41, 5.74) is -0.137. The van der Waals surface area contributed by atoms with E-state index in [2.05, 4.69) is 51.5 Å². The zero-order chi connectivity index (χ0) is 48.0. The van der Waals surface area contributed by atoms with Crippen molar-refractivity contribution in [3.63, 3.8) is 0 Å². The van der Waals surface area contributed by atoms with E-state index in [1.54, 1.807) is 44.4 Å². The van der Waals surface area contributed by atoms with E-state index in [-0.39, 0.29) is 92.0 Å². The third-order valence-electron chi connectivity index (χ3n) is 12.4. The van der Waals surface area contributed by atoms with Gasteiger partial charge in [0.1, 0.15) is 31.2 Å². The van der Waals surface area contributed by atoms with Gasteiger partial charge in [-0.2, -0.15) is 10.2 Å². The number of aromatic amines is 1. The van der Waals surface area contributed by atoms with Crippen molar-refractivity contribution in [3.8, 4) is 6.07 Å². The predicted octanol–water partition coefficient (Wildman–Crippen LogP) is 5.05. The summed E-state index contributed by atoms with van der Waals surface area (Å²) in [5, 5.41) is 15.0. The van der Waals surface area contributed by atoms with Crippen molar-refractivity contribution in [2.24, 2.45) is 23.2 Å². The number of carbonyl (C=O) groups is 2. The van der Waals surface area contributed by atoms with E-state index < -0.39 is 61.0 Å². The van der Waals surface area contributed by atoms with Crippen LogP contribution in [0.3, 0.4) is 0 Å². The smallest absolute Gasteiger partial charge is 0.327 e. The molecule has 2 unspecified atom stereocenters. The molecule has 1 spiro atoms. The lowest BCUT2D eigenvalue weighted by Crippen LogP contribution is -2.37. The number of aromatic nitrogens is 8. The molecular formula is C41H46N12O11P2S2. The van der Waals surface area contributed by atoms with E-state index in [1.807, 2.05) is 17.6 Å². The Bertz CT molecular complexity index is 2980. The Labute approximate surface area is 398 Å². The van der Waals surface area contributed by atoms with Crippen LogP contribution in [0.2, 0.25) is 0 Å². The number of anilines is 2. The Hall–Kier alpha value is -4.98. The second-order valence-corrected chi connectivity index (χ2v) is 22.9. The van der Waals surface area contributed by atoms with E-state index in [0.29, 0.717) is 23.1 Å². The van der Waals surface area contributed by atoms with Crippen LogP contribution in [0, 0.1) is 41.1 Å². The highest BCUT2D eigenvalue weighted by atomic mass is 32.5. The molecule has 68 heavy (non-hydrogen) atoms. The van der Waals surface area contributed by atoms with Crippen LogP contribution in [0.4, 0.5) is 11.8 Å². The first-order valence-corrected chi connectivity index (χ1v) is 26.7. The number of H-pyrrole nitrogens is 1. The molecule has 2 bridgehead atoms. The molecule has 2 aliphatic heterocycles. The first-order chi connectivity index (χ1) is 32.7. The molecule has 2 saturated heterocycles. The number of carbonyl (C=O) groups excluding carboxylic acids is 2. The summed E-state index contributed by atoms with van der Waals surface area (Å²) in [6.07, 6.45) is -0.0731. The van der Waals surface area contributed by atoms with Crippen LogP contribution in [0.25, 0.3) is 27.2 Å². The number of hydrogen-bond acceptors (Lipinski definition) is 19. The van der Waals surface area contributed by atoms with E-state index in [1.165, 1.54) is 24.3 Å². The van der Waals surface area contributed by atoms with Gasteiger partial charge in [0.15, 0.2) is 34.4 Å². The predicted molar refractivity (Wildman–Crippen MR) is 249 cm³/mol. The summed E-state index contributed by atoms with van der Waals surface area (Å²) in [7, 11) is 1.44. The summed E-state index contributed by atoms with van der Waals surface area (Å²) >= 11 is 12.4. The van der Waals surface area contributed by atoms with Crippen LogP contribution < -0.4 is 16.2 Å². The fourth-order valence-corrected chi connectivity index (χ4v) is 13.5.